The number of methoxy groups -OCH3 is 1. The molecular weight excluding hydrogens is 130 g/mol. The van der Waals surface area contributed by atoms with Gasteiger partial charge >= 0.3 is 5.97 Å². The summed E-state index contributed by atoms with van der Waals surface area (Å²) in [5.74, 6) is -0.166. The summed E-state index contributed by atoms with van der Waals surface area (Å²) in [4.78, 5) is 10.5. The highest BCUT2D eigenvalue weighted by Gasteiger charge is 1.94. The highest BCUT2D eigenvalue weighted by Crippen LogP contribution is 1.91. The second kappa shape index (κ2) is 6.13. The summed E-state index contributed by atoms with van der Waals surface area (Å²) in [6.07, 6.45) is 4.86. The van der Waals surface area contributed by atoms with E-state index in [1.54, 1.807) is 6.20 Å². The number of hydrogen-bond donors (Lipinski definition) is 1. The van der Waals surface area contributed by atoms with Gasteiger partial charge in [-0.25, -0.2) is 0 Å². The van der Waals surface area contributed by atoms with Crippen molar-refractivity contribution in [1.82, 2.24) is 5.32 Å². The fraction of sp³-hybridized carbons (Fsp3) is 0.571. The molecule has 0 aliphatic heterocycles. The van der Waals surface area contributed by atoms with Crippen LogP contribution in [0.5, 0.6) is 0 Å². The maximum atomic E-state index is 10.5. The zero-order valence-corrected chi connectivity index (χ0v) is 6.39. The van der Waals surface area contributed by atoms with E-state index < -0.39 is 0 Å². The summed E-state index contributed by atoms with van der Waals surface area (Å²) >= 11 is 0. The molecule has 58 valence electrons. The van der Waals surface area contributed by atoms with E-state index in [9.17, 15) is 4.79 Å². The van der Waals surface area contributed by atoms with E-state index in [1.165, 1.54) is 7.11 Å². The summed E-state index contributed by atoms with van der Waals surface area (Å²) in [5, 5.41) is 2.83. The zero-order chi connectivity index (χ0) is 7.82. The molecule has 0 unspecified atom stereocenters. The average Bonchev–Trinajstić information content (AvgIpc) is 1.98. The van der Waals surface area contributed by atoms with Crippen LogP contribution in [-0.2, 0) is 9.53 Å². The van der Waals surface area contributed by atoms with Crippen LogP contribution in [0.2, 0.25) is 0 Å². The Kier molecular flexibility index (Phi) is 5.53. The molecule has 0 fully saturated rings. The van der Waals surface area contributed by atoms with Crippen LogP contribution in [0.25, 0.3) is 0 Å². The van der Waals surface area contributed by atoms with Gasteiger partial charge in [-0.05, 0) is 12.6 Å². The highest BCUT2D eigenvalue weighted by atomic mass is 16.5. The van der Waals surface area contributed by atoms with Crippen molar-refractivity contribution in [3.63, 3.8) is 0 Å². The van der Waals surface area contributed by atoms with Gasteiger partial charge in [-0.2, -0.15) is 0 Å². The molecule has 0 heterocycles. The van der Waals surface area contributed by atoms with Crippen molar-refractivity contribution in [3.05, 3.63) is 12.3 Å². The molecular formula is C7H13NO2. The van der Waals surface area contributed by atoms with E-state index in [0.29, 0.717) is 6.42 Å². The maximum absolute atomic E-state index is 10.5. The minimum absolute atomic E-state index is 0.166. The summed E-state index contributed by atoms with van der Waals surface area (Å²) in [6.45, 7) is 0. The first kappa shape index (κ1) is 9.01. The lowest BCUT2D eigenvalue weighted by atomic mass is 10.3. The topological polar surface area (TPSA) is 38.3 Å². The van der Waals surface area contributed by atoms with Gasteiger partial charge in [-0.15, -0.1) is 0 Å². The van der Waals surface area contributed by atoms with Crippen LogP contribution >= 0.6 is 0 Å². The normalized spacial score (nSPS) is 9.80. The Labute approximate surface area is 61.1 Å². The molecule has 0 aromatic heterocycles. The molecule has 0 amide bonds. The SMILES string of the molecule is CN/C=C\CCC(=O)OC. The van der Waals surface area contributed by atoms with Gasteiger partial charge in [-0.3, -0.25) is 4.79 Å². The van der Waals surface area contributed by atoms with E-state index in [2.05, 4.69) is 10.1 Å². The maximum Gasteiger partial charge on any atom is 0.305 e. The largest absolute Gasteiger partial charge is 0.469 e. The Balaban J connectivity index is 3.19. The number of rotatable bonds is 4. The Hall–Kier alpha value is -0.990. The number of nitrogens with one attached hydrogen (secondary N) is 1. The molecule has 0 radical (unpaired) electrons. The van der Waals surface area contributed by atoms with E-state index in [1.807, 2.05) is 13.1 Å². The van der Waals surface area contributed by atoms with Gasteiger partial charge in [0.05, 0.1) is 7.11 Å². The number of allylic oxidation sites excluding steroid dienone is 1. The summed E-state index contributed by atoms with van der Waals surface area (Å²) in [5.41, 5.74) is 0. The van der Waals surface area contributed by atoms with Crippen LogP contribution in [-0.4, -0.2) is 20.1 Å². The number of carbonyl (C=O) groups excluding carboxylic acids is 1. The van der Waals surface area contributed by atoms with Gasteiger partial charge in [0.25, 0.3) is 0 Å². The predicted molar refractivity (Wildman–Crippen MR) is 39.4 cm³/mol. The first-order chi connectivity index (χ1) is 4.81. The van der Waals surface area contributed by atoms with Crippen molar-refractivity contribution in [2.45, 2.75) is 12.8 Å². The van der Waals surface area contributed by atoms with E-state index in [4.69, 9.17) is 0 Å². The number of ether oxygens (including phenoxy) is 1. The molecule has 0 aromatic carbocycles. The van der Waals surface area contributed by atoms with Gasteiger partial charge < -0.3 is 10.1 Å². The number of hydrogen-bond acceptors (Lipinski definition) is 3. The van der Waals surface area contributed by atoms with Crippen LogP contribution in [0.15, 0.2) is 12.3 Å². The summed E-state index contributed by atoms with van der Waals surface area (Å²) in [6, 6.07) is 0. The Morgan fingerprint density at radius 3 is 2.90 bits per heavy atom. The number of esters is 1. The molecule has 1 N–H and O–H groups in total. The van der Waals surface area contributed by atoms with Crippen LogP contribution in [0.3, 0.4) is 0 Å². The average molecular weight is 143 g/mol. The Bertz CT molecular complexity index is 121. The van der Waals surface area contributed by atoms with Crippen molar-refractivity contribution in [2.24, 2.45) is 0 Å². The van der Waals surface area contributed by atoms with Crippen molar-refractivity contribution < 1.29 is 9.53 Å². The summed E-state index contributed by atoms with van der Waals surface area (Å²) < 4.78 is 4.44. The van der Waals surface area contributed by atoms with E-state index in [0.717, 1.165) is 6.42 Å². The van der Waals surface area contributed by atoms with E-state index in [-0.39, 0.29) is 5.97 Å². The lowest BCUT2D eigenvalue weighted by molar-refractivity contribution is -0.140. The van der Waals surface area contributed by atoms with Crippen LogP contribution in [0.1, 0.15) is 12.8 Å². The third-order valence-electron chi connectivity index (χ3n) is 1.03. The smallest absolute Gasteiger partial charge is 0.305 e. The lowest BCUT2D eigenvalue weighted by Crippen LogP contribution is -1.98. The minimum Gasteiger partial charge on any atom is -0.469 e. The third kappa shape index (κ3) is 5.15. The van der Waals surface area contributed by atoms with Crippen molar-refractivity contribution >= 4 is 5.97 Å². The van der Waals surface area contributed by atoms with Crippen molar-refractivity contribution in [1.29, 1.82) is 0 Å². The molecule has 3 heteroatoms. The monoisotopic (exact) mass is 143 g/mol. The number of carbonyl (C=O) groups is 1. The first-order valence-corrected chi connectivity index (χ1v) is 3.20. The quantitative estimate of drug-likeness (QED) is 0.588. The molecule has 0 spiro atoms. The first-order valence-electron chi connectivity index (χ1n) is 3.20. The molecule has 0 rings (SSSR count). The highest BCUT2D eigenvalue weighted by molar-refractivity contribution is 5.69. The lowest BCUT2D eigenvalue weighted by Gasteiger charge is -1.93. The molecule has 0 aliphatic carbocycles. The molecule has 0 aromatic rings. The predicted octanol–water partition coefficient (Wildman–Crippen LogP) is 0.673. The molecule has 10 heavy (non-hydrogen) atoms. The molecule has 0 atom stereocenters. The zero-order valence-electron chi connectivity index (χ0n) is 6.39. The molecule has 0 bridgehead atoms. The van der Waals surface area contributed by atoms with Crippen LogP contribution in [0, 0.1) is 0 Å². The van der Waals surface area contributed by atoms with Gasteiger partial charge in [-0.1, -0.05) is 6.08 Å². The second-order valence-electron chi connectivity index (χ2n) is 1.81. The van der Waals surface area contributed by atoms with Gasteiger partial charge in [0.15, 0.2) is 0 Å². The van der Waals surface area contributed by atoms with Crippen molar-refractivity contribution in [2.75, 3.05) is 14.2 Å². The van der Waals surface area contributed by atoms with E-state index >= 15 is 0 Å². The van der Waals surface area contributed by atoms with Crippen LogP contribution < -0.4 is 5.32 Å². The second-order valence-corrected chi connectivity index (χ2v) is 1.81. The standard InChI is InChI=1S/C7H13NO2/c1-8-6-4-3-5-7(9)10-2/h4,6,8H,3,5H2,1-2H3/b6-4-. The fourth-order valence-electron chi connectivity index (χ4n) is 0.504. The Morgan fingerprint density at radius 1 is 1.70 bits per heavy atom. The van der Waals surface area contributed by atoms with Gasteiger partial charge in [0.1, 0.15) is 0 Å². The van der Waals surface area contributed by atoms with Gasteiger partial charge in [0, 0.05) is 13.5 Å². The Morgan fingerprint density at radius 2 is 2.40 bits per heavy atom. The van der Waals surface area contributed by atoms with Gasteiger partial charge in [0.2, 0.25) is 0 Å². The van der Waals surface area contributed by atoms with Crippen molar-refractivity contribution in [3.8, 4) is 0 Å². The molecule has 3 nitrogen and oxygen atoms in total. The molecule has 0 saturated carbocycles. The third-order valence-corrected chi connectivity index (χ3v) is 1.03. The van der Waals surface area contributed by atoms with Crippen LogP contribution in [0.4, 0.5) is 0 Å². The fourth-order valence-corrected chi connectivity index (χ4v) is 0.504. The molecule has 0 saturated heterocycles. The molecule has 0 aliphatic rings. The summed E-state index contributed by atoms with van der Waals surface area (Å²) in [7, 11) is 3.21. The minimum atomic E-state index is -0.166.